The summed E-state index contributed by atoms with van der Waals surface area (Å²) in [6, 6.07) is 7.42. The molecule has 0 saturated carbocycles. The number of hydrogen-bond acceptors (Lipinski definition) is 3. The second kappa shape index (κ2) is 5.63. The molecule has 2 rings (SSSR count). The molecule has 3 nitrogen and oxygen atoms in total. The molecule has 19 heavy (non-hydrogen) atoms. The van der Waals surface area contributed by atoms with Crippen molar-refractivity contribution < 1.29 is 14.6 Å². The summed E-state index contributed by atoms with van der Waals surface area (Å²) in [5.74, 6) is -0.574. The van der Waals surface area contributed by atoms with Crippen LogP contribution in [-0.2, 0) is 6.61 Å². The Kier molecular flexibility index (Phi) is 4.12. The van der Waals surface area contributed by atoms with Gasteiger partial charge in [-0.25, -0.2) is 4.79 Å². The van der Waals surface area contributed by atoms with E-state index >= 15 is 0 Å². The zero-order valence-electron chi connectivity index (χ0n) is 10.6. The number of thiophene rings is 1. The Morgan fingerprint density at radius 1 is 1.37 bits per heavy atom. The lowest BCUT2D eigenvalue weighted by Crippen LogP contribution is -2.00. The Labute approximate surface area is 120 Å². The second-order valence-corrected chi connectivity index (χ2v) is 5.90. The van der Waals surface area contributed by atoms with Crippen LogP contribution in [0.2, 0.25) is 5.02 Å². The summed E-state index contributed by atoms with van der Waals surface area (Å²) in [4.78, 5) is 12.2. The highest BCUT2D eigenvalue weighted by molar-refractivity contribution is 7.14. The molecule has 1 aromatic heterocycles. The van der Waals surface area contributed by atoms with Crippen molar-refractivity contribution in [3.05, 3.63) is 50.2 Å². The summed E-state index contributed by atoms with van der Waals surface area (Å²) in [5, 5.41) is 9.70. The molecule has 1 heterocycles. The number of ether oxygens (including phenoxy) is 1. The Bertz CT molecular complexity index is 619. The molecule has 2 aromatic rings. The quantitative estimate of drug-likeness (QED) is 0.915. The first kappa shape index (κ1) is 13.9. The van der Waals surface area contributed by atoms with E-state index < -0.39 is 5.97 Å². The molecule has 0 atom stereocenters. The molecule has 100 valence electrons. The monoisotopic (exact) mass is 296 g/mol. The van der Waals surface area contributed by atoms with E-state index in [0.717, 1.165) is 16.0 Å². The minimum atomic E-state index is -0.969. The average Bonchev–Trinajstić information content (AvgIpc) is 2.69. The van der Waals surface area contributed by atoms with Crippen molar-refractivity contribution in [1.29, 1.82) is 0 Å². The first-order valence-electron chi connectivity index (χ1n) is 5.69. The first-order chi connectivity index (χ1) is 8.97. The molecule has 1 N–H and O–H groups in total. The third-order valence-corrected chi connectivity index (χ3v) is 3.98. The standard InChI is InChI=1S/C14H13ClO3S/c1-8-3-4-10(11(15)5-8)7-18-12-6-9(2)19-13(12)14(16)17/h3-6H,7H2,1-2H3,(H,16,17). The maximum Gasteiger partial charge on any atom is 0.349 e. The molecule has 1 aromatic carbocycles. The van der Waals surface area contributed by atoms with Gasteiger partial charge in [0.2, 0.25) is 0 Å². The molecule has 0 spiro atoms. The molecule has 0 unspecified atom stereocenters. The van der Waals surface area contributed by atoms with Gasteiger partial charge in [-0.2, -0.15) is 0 Å². The largest absolute Gasteiger partial charge is 0.487 e. The van der Waals surface area contributed by atoms with Gasteiger partial charge in [0.05, 0.1) is 0 Å². The van der Waals surface area contributed by atoms with Crippen LogP contribution in [0.15, 0.2) is 24.3 Å². The van der Waals surface area contributed by atoms with Crippen LogP contribution in [0.4, 0.5) is 0 Å². The topological polar surface area (TPSA) is 46.5 Å². The maximum atomic E-state index is 11.1. The third kappa shape index (κ3) is 3.28. The number of rotatable bonds is 4. The van der Waals surface area contributed by atoms with Crippen molar-refractivity contribution in [2.45, 2.75) is 20.5 Å². The smallest absolute Gasteiger partial charge is 0.349 e. The Morgan fingerprint density at radius 2 is 2.11 bits per heavy atom. The molecule has 0 aliphatic carbocycles. The molecule has 0 fully saturated rings. The van der Waals surface area contributed by atoms with Crippen LogP contribution in [0.1, 0.15) is 25.7 Å². The fraction of sp³-hybridized carbons (Fsp3) is 0.214. The number of halogens is 1. The van der Waals surface area contributed by atoms with Crippen LogP contribution < -0.4 is 4.74 Å². The van der Waals surface area contributed by atoms with Gasteiger partial charge in [0, 0.05) is 15.5 Å². The number of carboxylic acids is 1. The molecule has 0 bridgehead atoms. The van der Waals surface area contributed by atoms with E-state index in [1.54, 1.807) is 6.07 Å². The Morgan fingerprint density at radius 3 is 2.74 bits per heavy atom. The van der Waals surface area contributed by atoms with Crippen LogP contribution in [0.3, 0.4) is 0 Å². The highest BCUT2D eigenvalue weighted by atomic mass is 35.5. The average molecular weight is 297 g/mol. The first-order valence-corrected chi connectivity index (χ1v) is 6.88. The predicted octanol–water partition coefficient (Wildman–Crippen LogP) is 4.30. The summed E-state index contributed by atoms with van der Waals surface area (Å²) in [5.41, 5.74) is 1.92. The Balaban J connectivity index is 2.16. The van der Waals surface area contributed by atoms with E-state index in [1.165, 1.54) is 11.3 Å². The highest BCUT2D eigenvalue weighted by Crippen LogP contribution is 2.30. The molecule has 5 heteroatoms. The SMILES string of the molecule is Cc1ccc(COc2cc(C)sc2C(=O)O)c(Cl)c1. The van der Waals surface area contributed by atoms with Crippen LogP contribution in [0.25, 0.3) is 0 Å². The number of hydrogen-bond donors (Lipinski definition) is 1. The second-order valence-electron chi connectivity index (χ2n) is 4.24. The lowest BCUT2D eigenvalue weighted by molar-refractivity contribution is 0.0697. The van der Waals surface area contributed by atoms with E-state index in [4.69, 9.17) is 21.4 Å². The van der Waals surface area contributed by atoms with E-state index in [1.807, 2.05) is 32.0 Å². The van der Waals surface area contributed by atoms with Crippen LogP contribution in [0, 0.1) is 13.8 Å². The summed E-state index contributed by atoms with van der Waals surface area (Å²) in [6.45, 7) is 4.07. The lowest BCUT2D eigenvalue weighted by Gasteiger charge is -2.07. The van der Waals surface area contributed by atoms with Crippen molar-refractivity contribution in [3.63, 3.8) is 0 Å². The minimum Gasteiger partial charge on any atom is -0.487 e. The molecule has 0 radical (unpaired) electrons. The van der Waals surface area contributed by atoms with Crippen molar-refractivity contribution in [2.75, 3.05) is 0 Å². The molecule has 0 aliphatic heterocycles. The van der Waals surface area contributed by atoms with Gasteiger partial charge in [-0.1, -0.05) is 23.7 Å². The number of benzene rings is 1. The van der Waals surface area contributed by atoms with E-state index in [9.17, 15) is 4.79 Å². The molecule has 0 aliphatic rings. The molecule has 0 saturated heterocycles. The van der Waals surface area contributed by atoms with Crippen LogP contribution in [0.5, 0.6) is 5.75 Å². The van der Waals surface area contributed by atoms with Crippen molar-refractivity contribution >= 4 is 28.9 Å². The van der Waals surface area contributed by atoms with Gasteiger partial charge in [-0.05, 0) is 31.5 Å². The van der Waals surface area contributed by atoms with Gasteiger partial charge >= 0.3 is 5.97 Å². The molecular formula is C14H13ClO3S. The van der Waals surface area contributed by atoms with Gasteiger partial charge < -0.3 is 9.84 Å². The fourth-order valence-corrected chi connectivity index (χ4v) is 2.76. The van der Waals surface area contributed by atoms with Crippen molar-refractivity contribution in [1.82, 2.24) is 0 Å². The van der Waals surface area contributed by atoms with Crippen LogP contribution in [-0.4, -0.2) is 11.1 Å². The van der Waals surface area contributed by atoms with Gasteiger partial charge in [-0.3, -0.25) is 0 Å². The van der Waals surface area contributed by atoms with Crippen molar-refractivity contribution in [2.24, 2.45) is 0 Å². The Hall–Kier alpha value is -1.52. The van der Waals surface area contributed by atoms with E-state index in [0.29, 0.717) is 10.8 Å². The van der Waals surface area contributed by atoms with Gasteiger partial charge in [0.25, 0.3) is 0 Å². The predicted molar refractivity (Wildman–Crippen MR) is 76.5 cm³/mol. The number of aromatic carboxylic acids is 1. The number of carbonyl (C=O) groups is 1. The van der Waals surface area contributed by atoms with Gasteiger partial charge in [0.15, 0.2) is 4.88 Å². The number of aryl methyl sites for hydroxylation is 2. The normalized spacial score (nSPS) is 10.5. The molecular weight excluding hydrogens is 284 g/mol. The molecule has 0 amide bonds. The summed E-state index contributed by atoms with van der Waals surface area (Å²) in [6.07, 6.45) is 0. The van der Waals surface area contributed by atoms with Crippen LogP contribution >= 0.6 is 22.9 Å². The summed E-state index contributed by atoms with van der Waals surface area (Å²) in [7, 11) is 0. The summed E-state index contributed by atoms with van der Waals surface area (Å²) < 4.78 is 5.57. The van der Waals surface area contributed by atoms with Gasteiger partial charge in [-0.15, -0.1) is 11.3 Å². The minimum absolute atomic E-state index is 0.223. The summed E-state index contributed by atoms with van der Waals surface area (Å²) >= 11 is 7.32. The third-order valence-electron chi connectivity index (χ3n) is 2.61. The number of carboxylic acid groups (broad SMARTS) is 1. The fourth-order valence-electron chi connectivity index (χ4n) is 1.67. The highest BCUT2D eigenvalue weighted by Gasteiger charge is 2.15. The zero-order chi connectivity index (χ0) is 14.0. The maximum absolute atomic E-state index is 11.1. The zero-order valence-corrected chi connectivity index (χ0v) is 12.1. The van der Waals surface area contributed by atoms with E-state index in [-0.39, 0.29) is 11.5 Å². The van der Waals surface area contributed by atoms with Crippen molar-refractivity contribution in [3.8, 4) is 5.75 Å². The lowest BCUT2D eigenvalue weighted by atomic mass is 10.2. The van der Waals surface area contributed by atoms with E-state index in [2.05, 4.69) is 0 Å². The van der Waals surface area contributed by atoms with Gasteiger partial charge in [0.1, 0.15) is 12.4 Å².